The Morgan fingerprint density at radius 3 is 3.00 bits per heavy atom. The number of nitrogens with two attached hydrogens (primary N) is 1. The number of benzene rings is 1. The molecule has 6 nitrogen and oxygen atoms in total. The molecule has 1 aromatic carbocycles. The van der Waals surface area contributed by atoms with Crippen LogP contribution in [0.15, 0.2) is 36.8 Å². The molecule has 0 unspecified atom stereocenters. The second-order valence-electron chi connectivity index (χ2n) is 4.31. The third kappa shape index (κ3) is 2.08. The summed E-state index contributed by atoms with van der Waals surface area (Å²) in [7, 11) is 1.92. The van der Waals surface area contributed by atoms with Crippen molar-refractivity contribution in [3.05, 3.63) is 42.6 Å². The maximum atomic E-state index is 5.92. The number of rotatable bonds is 3. The van der Waals surface area contributed by atoms with Gasteiger partial charge in [-0.05, 0) is 24.3 Å². The minimum Gasteiger partial charge on any atom is -0.397 e. The lowest BCUT2D eigenvalue weighted by molar-refractivity contribution is 0.813. The van der Waals surface area contributed by atoms with Crippen LogP contribution in [0.4, 0.5) is 11.4 Å². The zero-order chi connectivity index (χ0) is 13.2. The van der Waals surface area contributed by atoms with Crippen LogP contribution in [0.5, 0.6) is 0 Å². The van der Waals surface area contributed by atoms with E-state index in [4.69, 9.17) is 5.73 Å². The third-order valence-electron chi connectivity index (χ3n) is 3.04. The molecule has 0 aliphatic heterocycles. The molecule has 0 bridgehead atoms. The van der Waals surface area contributed by atoms with Crippen LogP contribution in [0.3, 0.4) is 0 Å². The predicted octanol–water partition coefficient (Wildman–Crippen LogP) is 1.56. The first-order valence-corrected chi connectivity index (χ1v) is 5.95. The lowest BCUT2D eigenvalue weighted by atomic mass is 10.1. The second kappa shape index (κ2) is 4.56. The van der Waals surface area contributed by atoms with Crippen molar-refractivity contribution in [2.45, 2.75) is 6.54 Å². The molecule has 0 atom stereocenters. The molecule has 3 rings (SSSR count). The highest BCUT2D eigenvalue weighted by Crippen LogP contribution is 2.26. The van der Waals surface area contributed by atoms with Gasteiger partial charge in [-0.3, -0.25) is 4.98 Å². The van der Waals surface area contributed by atoms with Crippen LogP contribution in [0.25, 0.3) is 10.9 Å². The van der Waals surface area contributed by atoms with Gasteiger partial charge in [0.15, 0.2) is 5.82 Å². The number of nitrogens with one attached hydrogen (secondary N) is 1. The zero-order valence-corrected chi connectivity index (χ0v) is 10.5. The van der Waals surface area contributed by atoms with Crippen LogP contribution in [-0.2, 0) is 13.6 Å². The Balaban J connectivity index is 1.93. The summed E-state index contributed by atoms with van der Waals surface area (Å²) >= 11 is 0. The predicted molar refractivity (Wildman–Crippen MR) is 74.5 cm³/mol. The van der Waals surface area contributed by atoms with Gasteiger partial charge in [-0.15, -0.1) is 10.2 Å². The number of hydrogen-bond acceptors (Lipinski definition) is 5. The molecule has 19 heavy (non-hydrogen) atoms. The number of nitrogens with zero attached hydrogens (tertiary/aromatic N) is 4. The lowest BCUT2D eigenvalue weighted by Crippen LogP contribution is -2.06. The van der Waals surface area contributed by atoms with Gasteiger partial charge >= 0.3 is 0 Å². The quantitative estimate of drug-likeness (QED) is 0.693. The van der Waals surface area contributed by atoms with Crippen molar-refractivity contribution in [3.8, 4) is 0 Å². The molecule has 0 saturated heterocycles. The van der Waals surface area contributed by atoms with Crippen LogP contribution in [0.1, 0.15) is 5.82 Å². The van der Waals surface area contributed by atoms with Crippen LogP contribution >= 0.6 is 0 Å². The van der Waals surface area contributed by atoms with E-state index in [-0.39, 0.29) is 0 Å². The highest BCUT2D eigenvalue weighted by molar-refractivity contribution is 5.98. The Kier molecular flexibility index (Phi) is 2.75. The fraction of sp³-hybridized carbons (Fsp3) is 0.154. The number of aryl methyl sites for hydroxylation is 1. The minimum atomic E-state index is 0.602. The van der Waals surface area contributed by atoms with Crippen LogP contribution in [0.2, 0.25) is 0 Å². The smallest absolute Gasteiger partial charge is 0.151 e. The molecular weight excluding hydrogens is 240 g/mol. The molecule has 2 aromatic heterocycles. The molecule has 0 spiro atoms. The number of nitrogen functional groups attached to an aromatic ring is 1. The molecule has 0 amide bonds. The second-order valence-corrected chi connectivity index (χ2v) is 4.31. The average molecular weight is 254 g/mol. The van der Waals surface area contributed by atoms with Crippen LogP contribution < -0.4 is 11.1 Å². The molecule has 6 heteroatoms. The molecule has 0 aliphatic carbocycles. The summed E-state index contributed by atoms with van der Waals surface area (Å²) in [4.78, 5) is 4.31. The van der Waals surface area contributed by atoms with Gasteiger partial charge in [-0.25, -0.2) is 0 Å². The van der Waals surface area contributed by atoms with Gasteiger partial charge in [0.2, 0.25) is 0 Å². The molecule has 3 aromatic rings. The lowest BCUT2D eigenvalue weighted by Gasteiger charge is -2.10. The fourth-order valence-electron chi connectivity index (χ4n) is 1.99. The van der Waals surface area contributed by atoms with Gasteiger partial charge in [-0.1, -0.05) is 0 Å². The number of fused-ring (bicyclic) bond motifs is 1. The van der Waals surface area contributed by atoms with E-state index in [0.29, 0.717) is 12.2 Å². The topological polar surface area (TPSA) is 81.7 Å². The minimum absolute atomic E-state index is 0.602. The van der Waals surface area contributed by atoms with E-state index in [0.717, 1.165) is 22.4 Å². The Labute approximate surface area is 110 Å². The monoisotopic (exact) mass is 254 g/mol. The van der Waals surface area contributed by atoms with Crippen molar-refractivity contribution in [3.63, 3.8) is 0 Å². The van der Waals surface area contributed by atoms with Crippen molar-refractivity contribution in [1.82, 2.24) is 19.7 Å². The van der Waals surface area contributed by atoms with Gasteiger partial charge in [-0.2, -0.15) is 0 Å². The van der Waals surface area contributed by atoms with E-state index in [1.54, 1.807) is 12.5 Å². The highest BCUT2D eigenvalue weighted by Gasteiger charge is 2.06. The number of anilines is 2. The SMILES string of the molecule is Cn1cnnc1CNc1ccc(N)c2ncccc12. The molecule has 0 radical (unpaired) electrons. The molecule has 0 fully saturated rings. The number of hydrogen-bond donors (Lipinski definition) is 2. The van der Waals surface area contributed by atoms with E-state index >= 15 is 0 Å². The van der Waals surface area contributed by atoms with Crippen LogP contribution in [-0.4, -0.2) is 19.7 Å². The summed E-state index contributed by atoms with van der Waals surface area (Å²) in [5.41, 5.74) is 8.40. The summed E-state index contributed by atoms with van der Waals surface area (Å²) in [6.45, 7) is 0.602. The van der Waals surface area contributed by atoms with Gasteiger partial charge in [0, 0.05) is 24.3 Å². The summed E-state index contributed by atoms with van der Waals surface area (Å²) in [6.07, 6.45) is 3.42. The van der Waals surface area contributed by atoms with E-state index in [2.05, 4.69) is 20.5 Å². The first kappa shape index (κ1) is 11.5. The standard InChI is InChI=1S/C13H14N6/c1-19-8-17-18-12(19)7-16-11-5-4-10(14)13-9(11)3-2-6-15-13/h2-6,8,16H,7,14H2,1H3. The van der Waals surface area contributed by atoms with Crippen molar-refractivity contribution in [2.75, 3.05) is 11.1 Å². The van der Waals surface area contributed by atoms with Gasteiger partial charge in [0.05, 0.1) is 17.7 Å². The first-order valence-electron chi connectivity index (χ1n) is 5.95. The normalized spacial score (nSPS) is 10.8. The Morgan fingerprint density at radius 1 is 1.32 bits per heavy atom. The van der Waals surface area contributed by atoms with Gasteiger partial charge < -0.3 is 15.6 Å². The maximum Gasteiger partial charge on any atom is 0.151 e. The van der Waals surface area contributed by atoms with E-state index < -0.39 is 0 Å². The molecule has 0 saturated carbocycles. The van der Waals surface area contributed by atoms with Gasteiger partial charge in [0.1, 0.15) is 6.33 Å². The van der Waals surface area contributed by atoms with Crippen LogP contribution in [0, 0.1) is 0 Å². The molecule has 2 heterocycles. The van der Waals surface area contributed by atoms with E-state index in [1.807, 2.05) is 35.9 Å². The average Bonchev–Trinajstić information content (AvgIpc) is 2.84. The highest BCUT2D eigenvalue weighted by atomic mass is 15.3. The van der Waals surface area contributed by atoms with Crippen molar-refractivity contribution in [2.24, 2.45) is 7.05 Å². The Hall–Kier alpha value is -2.63. The summed E-state index contributed by atoms with van der Waals surface area (Å²) in [5, 5.41) is 12.2. The Bertz CT molecular complexity index is 718. The van der Waals surface area contributed by atoms with Crippen molar-refractivity contribution >= 4 is 22.3 Å². The zero-order valence-electron chi connectivity index (χ0n) is 10.5. The third-order valence-corrected chi connectivity index (χ3v) is 3.04. The van der Waals surface area contributed by atoms with Crippen molar-refractivity contribution in [1.29, 1.82) is 0 Å². The van der Waals surface area contributed by atoms with E-state index in [1.165, 1.54) is 0 Å². The molecule has 96 valence electrons. The summed E-state index contributed by atoms with van der Waals surface area (Å²) < 4.78 is 1.88. The Morgan fingerprint density at radius 2 is 2.21 bits per heavy atom. The largest absolute Gasteiger partial charge is 0.397 e. The molecule has 3 N–H and O–H groups in total. The summed E-state index contributed by atoms with van der Waals surface area (Å²) in [5.74, 6) is 0.869. The summed E-state index contributed by atoms with van der Waals surface area (Å²) in [6, 6.07) is 7.71. The molecule has 0 aliphatic rings. The first-order chi connectivity index (χ1) is 9.25. The van der Waals surface area contributed by atoms with Gasteiger partial charge in [0.25, 0.3) is 0 Å². The number of aromatic nitrogens is 4. The maximum absolute atomic E-state index is 5.92. The molecular formula is C13H14N6. The fourth-order valence-corrected chi connectivity index (χ4v) is 1.99. The number of pyridine rings is 1. The van der Waals surface area contributed by atoms with E-state index in [9.17, 15) is 0 Å². The van der Waals surface area contributed by atoms with Crippen molar-refractivity contribution < 1.29 is 0 Å².